The van der Waals surface area contributed by atoms with E-state index < -0.39 is 0 Å². The second-order valence-corrected chi connectivity index (χ2v) is 4.61. The summed E-state index contributed by atoms with van der Waals surface area (Å²) in [7, 11) is 1.77. The van der Waals surface area contributed by atoms with Crippen LogP contribution in [-0.4, -0.2) is 30.7 Å². The maximum atomic E-state index is 11.5. The predicted octanol–water partition coefficient (Wildman–Crippen LogP) is 3.78. The fourth-order valence-electron chi connectivity index (χ4n) is 1.01. The normalized spacial score (nSPS) is 11.9. The minimum absolute atomic E-state index is 0.0166. The Morgan fingerprint density at radius 3 is 1.88 bits per heavy atom. The van der Waals surface area contributed by atoms with Crippen LogP contribution in [0.4, 0.5) is 4.79 Å². The van der Waals surface area contributed by atoms with Crippen LogP contribution in [0, 0.1) is 11.8 Å². The first-order valence-electron chi connectivity index (χ1n) is 6.26. The number of amides is 1. The molecule has 16 heavy (non-hydrogen) atoms. The molecule has 0 rings (SSSR count). The minimum atomic E-state index is -0.222. The number of rotatable bonds is 4. The summed E-state index contributed by atoms with van der Waals surface area (Å²) in [4.78, 5) is 13.1. The highest BCUT2D eigenvalue weighted by atomic mass is 16.6. The van der Waals surface area contributed by atoms with Crippen LogP contribution in [0.25, 0.3) is 0 Å². The van der Waals surface area contributed by atoms with Gasteiger partial charge in [0.15, 0.2) is 0 Å². The topological polar surface area (TPSA) is 29.5 Å². The van der Waals surface area contributed by atoms with Gasteiger partial charge in [0.25, 0.3) is 0 Å². The Kier molecular flexibility index (Phi) is 10.5. The Hall–Kier alpha value is -0.730. The lowest BCUT2D eigenvalue weighted by Gasteiger charge is -2.23. The lowest BCUT2D eigenvalue weighted by molar-refractivity contribution is 0.0543. The quantitative estimate of drug-likeness (QED) is 0.737. The van der Waals surface area contributed by atoms with Crippen LogP contribution in [0.1, 0.15) is 48.5 Å². The van der Waals surface area contributed by atoms with Gasteiger partial charge in [0.1, 0.15) is 6.10 Å². The van der Waals surface area contributed by atoms with Gasteiger partial charge in [-0.15, -0.1) is 0 Å². The standard InChI is InChI=1S/C11H23NO2.C2H6/c1-8(2)7-12(6)11(13)14-10(5)9(3)4;1-2/h8-10H,7H2,1-6H3;1-2H3. The van der Waals surface area contributed by atoms with Crippen molar-refractivity contribution in [3.8, 4) is 0 Å². The molecule has 1 amide bonds. The molecule has 0 N–H and O–H groups in total. The van der Waals surface area contributed by atoms with Crippen molar-refractivity contribution in [1.82, 2.24) is 4.90 Å². The van der Waals surface area contributed by atoms with Crippen molar-refractivity contribution < 1.29 is 9.53 Å². The van der Waals surface area contributed by atoms with Gasteiger partial charge in [-0.05, 0) is 18.8 Å². The number of hydrogen-bond donors (Lipinski definition) is 0. The smallest absolute Gasteiger partial charge is 0.409 e. The molecule has 0 bridgehead atoms. The summed E-state index contributed by atoms with van der Waals surface area (Å²) in [5.74, 6) is 0.841. The van der Waals surface area contributed by atoms with Crippen LogP contribution < -0.4 is 0 Å². The van der Waals surface area contributed by atoms with Gasteiger partial charge in [-0.25, -0.2) is 4.79 Å². The van der Waals surface area contributed by atoms with Crippen molar-refractivity contribution in [2.75, 3.05) is 13.6 Å². The van der Waals surface area contributed by atoms with Crippen molar-refractivity contribution in [3.05, 3.63) is 0 Å². The summed E-state index contributed by atoms with van der Waals surface area (Å²) in [5, 5.41) is 0. The SMILES string of the molecule is CC.CC(C)CN(C)C(=O)OC(C)C(C)C. The predicted molar refractivity (Wildman–Crippen MR) is 69.6 cm³/mol. The molecular weight excluding hydrogens is 202 g/mol. The number of carbonyl (C=O) groups excluding carboxylic acids is 1. The number of carbonyl (C=O) groups is 1. The van der Waals surface area contributed by atoms with Crippen LogP contribution in [0.2, 0.25) is 0 Å². The summed E-state index contributed by atoms with van der Waals surface area (Å²) in [6.07, 6.45) is -0.239. The molecule has 0 aliphatic heterocycles. The number of hydrogen-bond acceptors (Lipinski definition) is 2. The lowest BCUT2D eigenvalue weighted by atomic mass is 10.1. The summed E-state index contributed by atoms with van der Waals surface area (Å²) in [5.41, 5.74) is 0. The van der Waals surface area contributed by atoms with Gasteiger partial charge in [0.2, 0.25) is 0 Å². The van der Waals surface area contributed by atoms with E-state index in [0.717, 1.165) is 6.54 Å². The van der Waals surface area contributed by atoms with Crippen LogP contribution in [0.3, 0.4) is 0 Å². The molecule has 0 radical (unpaired) electrons. The van der Waals surface area contributed by atoms with Crippen molar-refractivity contribution >= 4 is 6.09 Å². The van der Waals surface area contributed by atoms with Crippen LogP contribution >= 0.6 is 0 Å². The van der Waals surface area contributed by atoms with Gasteiger partial charge in [0, 0.05) is 13.6 Å². The highest BCUT2D eigenvalue weighted by molar-refractivity contribution is 5.67. The Morgan fingerprint density at radius 1 is 1.12 bits per heavy atom. The van der Waals surface area contributed by atoms with E-state index in [1.807, 2.05) is 34.6 Å². The summed E-state index contributed by atoms with van der Waals surface area (Å²) >= 11 is 0. The lowest BCUT2D eigenvalue weighted by Crippen LogP contribution is -2.34. The molecule has 0 saturated carbocycles. The van der Waals surface area contributed by atoms with Gasteiger partial charge >= 0.3 is 6.09 Å². The molecule has 0 aromatic heterocycles. The van der Waals surface area contributed by atoms with Gasteiger partial charge in [-0.3, -0.25) is 0 Å². The third-order valence-electron chi connectivity index (χ3n) is 2.18. The molecule has 0 spiro atoms. The number of ether oxygens (including phenoxy) is 1. The molecule has 3 nitrogen and oxygen atoms in total. The van der Waals surface area contributed by atoms with Gasteiger partial charge < -0.3 is 9.64 Å². The first-order valence-corrected chi connectivity index (χ1v) is 6.26. The zero-order valence-electron chi connectivity index (χ0n) is 12.2. The van der Waals surface area contributed by atoms with Gasteiger partial charge in [0.05, 0.1) is 0 Å². The van der Waals surface area contributed by atoms with Crippen LogP contribution in [0.15, 0.2) is 0 Å². The number of nitrogens with zero attached hydrogens (tertiary/aromatic N) is 1. The Morgan fingerprint density at radius 2 is 1.56 bits per heavy atom. The van der Waals surface area contributed by atoms with E-state index in [1.165, 1.54) is 0 Å². The molecule has 1 atom stereocenters. The maximum Gasteiger partial charge on any atom is 0.409 e. The van der Waals surface area contributed by atoms with Crippen LogP contribution in [0.5, 0.6) is 0 Å². The fourth-order valence-corrected chi connectivity index (χ4v) is 1.01. The maximum absolute atomic E-state index is 11.5. The Balaban J connectivity index is 0. The monoisotopic (exact) mass is 231 g/mol. The summed E-state index contributed by atoms with van der Waals surface area (Å²) < 4.78 is 5.26. The van der Waals surface area contributed by atoms with Crippen molar-refractivity contribution in [1.29, 1.82) is 0 Å². The first-order chi connectivity index (χ1) is 7.34. The van der Waals surface area contributed by atoms with E-state index in [1.54, 1.807) is 11.9 Å². The van der Waals surface area contributed by atoms with Gasteiger partial charge in [-0.2, -0.15) is 0 Å². The molecular formula is C13H29NO2. The molecule has 1 unspecified atom stereocenters. The molecule has 0 heterocycles. The highest BCUT2D eigenvalue weighted by Gasteiger charge is 2.16. The molecule has 0 aliphatic carbocycles. The second-order valence-electron chi connectivity index (χ2n) is 4.61. The third-order valence-corrected chi connectivity index (χ3v) is 2.18. The first kappa shape index (κ1) is 17.7. The summed E-state index contributed by atoms with van der Waals surface area (Å²) in [6.45, 7) is 14.9. The zero-order valence-corrected chi connectivity index (χ0v) is 12.2. The van der Waals surface area contributed by atoms with E-state index in [-0.39, 0.29) is 12.2 Å². The third kappa shape index (κ3) is 8.57. The highest BCUT2D eigenvalue weighted by Crippen LogP contribution is 2.08. The molecule has 0 aromatic rings. The average Bonchev–Trinajstić information content (AvgIpc) is 2.19. The largest absolute Gasteiger partial charge is 0.446 e. The Labute approximate surface area is 101 Å². The van der Waals surface area contributed by atoms with E-state index in [9.17, 15) is 4.79 Å². The van der Waals surface area contributed by atoms with Gasteiger partial charge in [-0.1, -0.05) is 41.5 Å². The second kappa shape index (κ2) is 9.49. The Bertz CT molecular complexity index is 179. The molecule has 3 heteroatoms. The summed E-state index contributed by atoms with van der Waals surface area (Å²) in [6, 6.07) is 0. The van der Waals surface area contributed by atoms with E-state index >= 15 is 0 Å². The van der Waals surface area contributed by atoms with Crippen molar-refractivity contribution in [2.24, 2.45) is 11.8 Å². The molecule has 0 saturated heterocycles. The minimum Gasteiger partial charge on any atom is -0.446 e. The molecule has 0 fully saturated rings. The fraction of sp³-hybridized carbons (Fsp3) is 0.923. The van der Waals surface area contributed by atoms with E-state index in [0.29, 0.717) is 11.8 Å². The zero-order chi connectivity index (χ0) is 13.3. The molecule has 0 aromatic carbocycles. The molecule has 0 aliphatic rings. The van der Waals surface area contributed by atoms with Crippen molar-refractivity contribution in [3.63, 3.8) is 0 Å². The van der Waals surface area contributed by atoms with E-state index in [4.69, 9.17) is 4.74 Å². The van der Waals surface area contributed by atoms with Crippen molar-refractivity contribution in [2.45, 2.75) is 54.6 Å². The molecule has 98 valence electrons. The van der Waals surface area contributed by atoms with Crippen LogP contribution in [-0.2, 0) is 4.74 Å². The average molecular weight is 231 g/mol. The van der Waals surface area contributed by atoms with E-state index in [2.05, 4.69) is 13.8 Å².